The van der Waals surface area contributed by atoms with E-state index in [1.165, 1.54) is 23.8 Å². The van der Waals surface area contributed by atoms with Crippen LogP contribution in [0.2, 0.25) is 0 Å². The lowest BCUT2D eigenvalue weighted by Gasteiger charge is -2.35. The molecule has 6 heteroatoms. The van der Waals surface area contributed by atoms with Crippen LogP contribution in [0.5, 0.6) is 0 Å². The Morgan fingerprint density at radius 3 is 2.50 bits per heavy atom. The van der Waals surface area contributed by atoms with Crippen LogP contribution in [0.3, 0.4) is 0 Å². The summed E-state index contributed by atoms with van der Waals surface area (Å²) in [5, 5.41) is 2.55. The topological polar surface area (TPSA) is 85.2 Å². The van der Waals surface area contributed by atoms with E-state index < -0.39 is 12.0 Å². The van der Waals surface area contributed by atoms with Gasteiger partial charge in [-0.05, 0) is 18.9 Å². The Kier molecular flexibility index (Phi) is 3.12. The average molecular weight is 300 g/mol. The predicted molar refractivity (Wildman–Crippen MR) is 78.9 cm³/mol. The van der Waals surface area contributed by atoms with Crippen molar-refractivity contribution in [3.8, 4) is 0 Å². The van der Waals surface area contributed by atoms with Gasteiger partial charge in [0.05, 0.1) is 5.92 Å². The van der Waals surface area contributed by atoms with Gasteiger partial charge in [-0.2, -0.15) is 0 Å². The summed E-state index contributed by atoms with van der Waals surface area (Å²) in [5.74, 6) is -1.66. The van der Waals surface area contributed by atoms with Gasteiger partial charge in [-0.25, -0.2) is 0 Å². The van der Waals surface area contributed by atoms with Crippen molar-refractivity contribution in [3.63, 3.8) is 0 Å². The highest BCUT2D eigenvalue weighted by Gasteiger charge is 2.46. The Morgan fingerprint density at radius 2 is 1.86 bits per heavy atom. The summed E-state index contributed by atoms with van der Waals surface area (Å²) in [6.45, 7) is 3.52. The lowest BCUT2D eigenvalue weighted by molar-refractivity contribution is -0.117. The Bertz CT molecular complexity index is 816. The smallest absolute Gasteiger partial charge is 0.251 e. The Hall–Kier alpha value is -2.50. The van der Waals surface area contributed by atoms with Gasteiger partial charge in [0.25, 0.3) is 5.56 Å². The third-order valence-corrected chi connectivity index (χ3v) is 4.43. The van der Waals surface area contributed by atoms with E-state index in [4.69, 9.17) is 0 Å². The first-order valence-corrected chi connectivity index (χ1v) is 7.16. The molecule has 0 radical (unpaired) electrons. The minimum atomic E-state index is -0.921. The Balaban J connectivity index is 2.33. The molecule has 1 aliphatic heterocycles. The van der Waals surface area contributed by atoms with Crippen molar-refractivity contribution in [2.24, 2.45) is 13.0 Å². The number of ketones is 2. The van der Waals surface area contributed by atoms with E-state index in [1.54, 1.807) is 6.92 Å². The standard InChI is InChI=1S/C16H16N2O4/c1-4-8-6-10(20)18(3)14-12(8)15(21)11-7(2)5-9(19)17-13(11)16(14)22/h5-6,11,13H,4H2,1-3H3,(H,17,19). The second-order valence-electron chi connectivity index (χ2n) is 5.72. The summed E-state index contributed by atoms with van der Waals surface area (Å²) >= 11 is 0. The van der Waals surface area contributed by atoms with E-state index in [-0.39, 0.29) is 28.7 Å². The lowest BCUT2D eigenvalue weighted by Crippen LogP contribution is -2.56. The van der Waals surface area contributed by atoms with Gasteiger partial charge < -0.3 is 9.88 Å². The normalized spacial score (nSPS) is 23.6. The molecule has 0 spiro atoms. The number of aromatic nitrogens is 1. The highest BCUT2D eigenvalue weighted by Crippen LogP contribution is 2.33. The van der Waals surface area contributed by atoms with Gasteiger partial charge in [-0.1, -0.05) is 12.5 Å². The second-order valence-corrected chi connectivity index (χ2v) is 5.72. The molecule has 2 atom stereocenters. The lowest BCUT2D eigenvalue weighted by atomic mass is 9.73. The maximum Gasteiger partial charge on any atom is 0.251 e. The van der Waals surface area contributed by atoms with Crippen molar-refractivity contribution in [1.82, 2.24) is 9.88 Å². The first kappa shape index (κ1) is 14.4. The summed E-state index contributed by atoms with van der Waals surface area (Å²) in [4.78, 5) is 49.3. The third-order valence-electron chi connectivity index (χ3n) is 4.43. The fourth-order valence-electron chi connectivity index (χ4n) is 3.31. The van der Waals surface area contributed by atoms with E-state index in [1.807, 2.05) is 6.92 Å². The van der Waals surface area contributed by atoms with E-state index >= 15 is 0 Å². The van der Waals surface area contributed by atoms with Gasteiger partial charge in [-0.15, -0.1) is 0 Å². The van der Waals surface area contributed by atoms with E-state index in [9.17, 15) is 19.2 Å². The van der Waals surface area contributed by atoms with Gasteiger partial charge in [0.2, 0.25) is 11.7 Å². The van der Waals surface area contributed by atoms with Crippen molar-refractivity contribution in [2.45, 2.75) is 26.3 Å². The van der Waals surface area contributed by atoms with Crippen LogP contribution >= 0.6 is 0 Å². The number of aryl methyl sites for hydroxylation is 1. The molecule has 2 heterocycles. The average Bonchev–Trinajstić information content (AvgIpc) is 2.46. The van der Waals surface area contributed by atoms with Crippen molar-refractivity contribution in [1.29, 1.82) is 0 Å². The molecule has 0 saturated carbocycles. The summed E-state index contributed by atoms with van der Waals surface area (Å²) in [5.41, 5.74) is 1.25. The molecular formula is C16H16N2O4. The van der Waals surface area contributed by atoms with Crippen LogP contribution in [0.4, 0.5) is 0 Å². The first-order valence-electron chi connectivity index (χ1n) is 7.16. The molecule has 2 unspecified atom stereocenters. The van der Waals surface area contributed by atoms with Crippen molar-refractivity contribution < 1.29 is 14.4 Å². The number of rotatable bonds is 1. The maximum atomic E-state index is 12.9. The number of pyridine rings is 1. The van der Waals surface area contributed by atoms with Crippen LogP contribution < -0.4 is 10.9 Å². The predicted octanol–water partition coefficient (Wildman–Crippen LogP) is 0.388. The van der Waals surface area contributed by atoms with E-state index in [2.05, 4.69) is 5.32 Å². The quantitative estimate of drug-likeness (QED) is 0.813. The number of nitrogens with one attached hydrogen (secondary N) is 1. The number of carbonyl (C=O) groups is 3. The zero-order valence-corrected chi connectivity index (χ0v) is 12.6. The summed E-state index contributed by atoms with van der Waals surface area (Å²) in [7, 11) is 1.47. The number of hydrogen-bond donors (Lipinski definition) is 1. The van der Waals surface area contributed by atoms with Gasteiger partial charge in [0, 0.05) is 24.8 Å². The molecule has 1 aromatic heterocycles. The van der Waals surface area contributed by atoms with Gasteiger partial charge in [-0.3, -0.25) is 19.2 Å². The molecule has 22 heavy (non-hydrogen) atoms. The molecule has 114 valence electrons. The fraction of sp³-hybridized carbons (Fsp3) is 0.375. The molecular weight excluding hydrogens is 284 g/mol. The van der Waals surface area contributed by atoms with Crippen molar-refractivity contribution in [2.75, 3.05) is 0 Å². The van der Waals surface area contributed by atoms with Gasteiger partial charge in [0.1, 0.15) is 11.7 Å². The molecule has 0 saturated heterocycles. The zero-order valence-electron chi connectivity index (χ0n) is 12.6. The largest absolute Gasteiger partial charge is 0.341 e. The molecule has 0 aromatic carbocycles. The molecule has 3 rings (SSSR count). The van der Waals surface area contributed by atoms with Crippen LogP contribution in [-0.4, -0.2) is 28.1 Å². The molecule has 0 fully saturated rings. The number of fused-ring (bicyclic) bond motifs is 2. The highest BCUT2D eigenvalue weighted by molar-refractivity contribution is 6.20. The van der Waals surface area contributed by atoms with Crippen molar-refractivity contribution in [3.05, 3.63) is 44.9 Å². The molecule has 1 N–H and O–H groups in total. The first-order chi connectivity index (χ1) is 10.4. The summed E-state index contributed by atoms with van der Waals surface area (Å²) in [6, 6.07) is 0.486. The van der Waals surface area contributed by atoms with Crippen molar-refractivity contribution >= 4 is 17.5 Å². The number of carbonyl (C=O) groups excluding carboxylic acids is 3. The maximum absolute atomic E-state index is 12.9. The molecule has 6 nitrogen and oxygen atoms in total. The third kappa shape index (κ3) is 1.80. The minimum absolute atomic E-state index is 0.102. The Labute approximate surface area is 126 Å². The SMILES string of the molecule is CCc1cc(=O)n(C)c2c1C(=O)C1C(C)=CC(=O)NC1C2=O. The van der Waals surface area contributed by atoms with Crippen LogP contribution in [0, 0.1) is 5.92 Å². The molecule has 0 bridgehead atoms. The van der Waals surface area contributed by atoms with Gasteiger partial charge in [0.15, 0.2) is 5.78 Å². The molecule has 2 aliphatic rings. The van der Waals surface area contributed by atoms with Crippen LogP contribution in [-0.2, 0) is 18.3 Å². The number of Topliss-reactive ketones (excluding diaryl/α,β-unsaturated/α-hetero) is 2. The van der Waals surface area contributed by atoms with E-state index in [0.29, 0.717) is 23.1 Å². The summed E-state index contributed by atoms with van der Waals surface area (Å²) < 4.78 is 1.20. The minimum Gasteiger partial charge on any atom is -0.341 e. The van der Waals surface area contributed by atoms with Crippen LogP contribution in [0.25, 0.3) is 0 Å². The zero-order chi connectivity index (χ0) is 16.2. The number of hydrogen-bond acceptors (Lipinski definition) is 4. The van der Waals surface area contributed by atoms with E-state index in [0.717, 1.165) is 0 Å². The van der Waals surface area contributed by atoms with Crippen LogP contribution in [0.1, 0.15) is 40.3 Å². The Morgan fingerprint density at radius 1 is 1.18 bits per heavy atom. The molecule has 1 aliphatic carbocycles. The van der Waals surface area contributed by atoms with Gasteiger partial charge >= 0.3 is 0 Å². The summed E-state index contributed by atoms with van der Waals surface area (Å²) in [6.07, 6.45) is 1.84. The number of nitrogens with zero attached hydrogens (tertiary/aromatic N) is 1. The number of amides is 1. The molecule has 1 aromatic rings. The monoisotopic (exact) mass is 300 g/mol. The van der Waals surface area contributed by atoms with Crippen LogP contribution in [0.15, 0.2) is 22.5 Å². The molecule has 1 amide bonds. The second kappa shape index (κ2) is 4.76. The highest BCUT2D eigenvalue weighted by atomic mass is 16.2. The fourth-order valence-corrected chi connectivity index (χ4v) is 3.31.